The first-order valence-corrected chi connectivity index (χ1v) is 6.19. The molecule has 0 rings (SSSR count). The molecule has 0 aliphatic carbocycles. The smallest absolute Gasteiger partial charge is 0.368 e. The number of hydrogen-bond donors (Lipinski definition) is 9. The van der Waals surface area contributed by atoms with Gasteiger partial charge in [-0.15, -0.1) is 0 Å². The number of aliphatic hydroxyl groups excluding tert-OH is 5. The van der Waals surface area contributed by atoms with E-state index < -0.39 is 54.9 Å². The Morgan fingerprint density at radius 1 is 0.731 bits per heavy atom. The van der Waals surface area contributed by atoms with Crippen molar-refractivity contribution in [2.24, 2.45) is 0 Å². The summed E-state index contributed by atoms with van der Waals surface area (Å²) in [5.74, 6) is -5.67. The van der Waals surface area contributed by atoms with Gasteiger partial charge in [-0.2, -0.15) is 0 Å². The van der Waals surface area contributed by atoms with Crippen LogP contribution >= 0.6 is 0 Å². The lowest BCUT2D eigenvalue weighted by atomic mass is 10.0. The topological polar surface area (TPSA) is 267 Å². The van der Waals surface area contributed by atoms with E-state index in [1.807, 2.05) is 0 Å². The molecule has 150 valence electrons. The maximum absolute atomic E-state index is 10.1. The lowest BCUT2D eigenvalue weighted by Gasteiger charge is -2.23. The maximum Gasteiger partial charge on any atom is 0.368 e. The van der Waals surface area contributed by atoms with Gasteiger partial charge in [0.2, 0.25) is 6.29 Å². The Morgan fingerprint density at radius 2 is 1.08 bits per heavy atom. The SMILES string of the molecule is O=C(O)/C=C/C(=O)O.O=C(O)[C@H](O)[C@@H](O)[C@H](O)[C@H](O)CO.O=CC(=O)O. The number of carboxylic acid groups (broad SMARTS) is 4. The van der Waals surface area contributed by atoms with Crippen molar-refractivity contribution in [1.82, 2.24) is 0 Å². The number of hydrogen-bond acceptors (Lipinski definition) is 10. The van der Waals surface area contributed by atoms with Crippen LogP contribution in [0.5, 0.6) is 0 Å². The average Bonchev–Trinajstić information content (AvgIpc) is 2.57. The Bertz CT molecular complexity index is 482. The molecule has 0 bridgehead atoms. The zero-order valence-electron chi connectivity index (χ0n) is 12.8. The number of carbonyl (C=O) groups excluding carboxylic acids is 1. The molecule has 0 aliphatic heterocycles. The number of aldehydes is 1. The van der Waals surface area contributed by atoms with Crippen LogP contribution in [0.3, 0.4) is 0 Å². The third-order valence-corrected chi connectivity index (χ3v) is 1.98. The molecule has 4 atom stereocenters. The fraction of sp³-hybridized carbons (Fsp3) is 0.417. The van der Waals surface area contributed by atoms with Gasteiger partial charge >= 0.3 is 23.9 Å². The van der Waals surface area contributed by atoms with Crippen LogP contribution in [-0.2, 0) is 24.0 Å². The molecule has 26 heavy (non-hydrogen) atoms. The summed E-state index contributed by atoms with van der Waals surface area (Å²) in [6.45, 7) is -0.843. The fourth-order valence-electron chi connectivity index (χ4n) is 0.811. The van der Waals surface area contributed by atoms with Crippen molar-refractivity contribution in [3.8, 4) is 0 Å². The van der Waals surface area contributed by atoms with E-state index in [9.17, 15) is 14.4 Å². The van der Waals surface area contributed by atoms with Crippen molar-refractivity contribution in [2.75, 3.05) is 6.61 Å². The Labute approximate surface area is 144 Å². The molecule has 0 aromatic carbocycles. The summed E-state index contributed by atoms with van der Waals surface area (Å²) in [6, 6.07) is 0. The summed E-state index contributed by atoms with van der Waals surface area (Å²) in [6.07, 6.45) is -6.89. The molecule has 0 aliphatic rings. The fourth-order valence-corrected chi connectivity index (χ4v) is 0.811. The molecule has 0 saturated carbocycles. The quantitative estimate of drug-likeness (QED) is 0.108. The van der Waals surface area contributed by atoms with E-state index in [0.717, 1.165) is 0 Å². The molecule has 0 fully saturated rings. The molecule has 0 spiro atoms. The van der Waals surface area contributed by atoms with E-state index in [1.165, 1.54) is 0 Å². The van der Waals surface area contributed by atoms with Crippen LogP contribution in [0, 0.1) is 0 Å². The lowest BCUT2D eigenvalue weighted by Crippen LogP contribution is -2.48. The van der Waals surface area contributed by atoms with E-state index in [-0.39, 0.29) is 6.29 Å². The molecule has 0 radical (unpaired) electrons. The number of aliphatic hydroxyl groups is 5. The van der Waals surface area contributed by atoms with Crippen LogP contribution < -0.4 is 0 Å². The van der Waals surface area contributed by atoms with Gasteiger partial charge in [0.05, 0.1) is 6.61 Å². The van der Waals surface area contributed by atoms with Crippen molar-refractivity contribution in [3.05, 3.63) is 12.2 Å². The summed E-state index contributed by atoms with van der Waals surface area (Å²) in [7, 11) is 0. The summed E-state index contributed by atoms with van der Waals surface area (Å²) in [5.41, 5.74) is 0. The highest BCUT2D eigenvalue weighted by Crippen LogP contribution is 2.04. The zero-order chi connectivity index (χ0) is 21.4. The summed E-state index contributed by atoms with van der Waals surface area (Å²) in [5, 5.41) is 74.8. The molecular weight excluding hydrogens is 368 g/mol. The molecule has 14 heteroatoms. The minimum Gasteiger partial charge on any atom is -0.479 e. The van der Waals surface area contributed by atoms with Gasteiger partial charge in [0.25, 0.3) is 0 Å². The Morgan fingerprint density at radius 3 is 1.27 bits per heavy atom. The largest absolute Gasteiger partial charge is 0.479 e. The van der Waals surface area contributed by atoms with Crippen LogP contribution in [0.1, 0.15) is 0 Å². The molecule has 0 saturated heterocycles. The van der Waals surface area contributed by atoms with Gasteiger partial charge in [0.15, 0.2) is 6.10 Å². The maximum atomic E-state index is 10.1. The Kier molecular flexibility index (Phi) is 16.8. The van der Waals surface area contributed by atoms with Gasteiger partial charge in [-0.25, -0.2) is 19.2 Å². The Balaban J connectivity index is -0.000000346. The zero-order valence-corrected chi connectivity index (χ0v) is 12.8. The van der Waals surface area contributed by atoms with E-state index in [1.54, 1.807) is 0 Å². The number of carbonyl (C=O) groups is 5. The van der Waals surface area contributed by atoms with Crippen LogP contribution in [0.2, 0.25) is 0 Å². The summed E-state index contributed by atoms with van der Waals surface area (Å²) < 4.78 is 0. The van der Waals surface area contributed by atoms with Crippen LogP contribution in [-0.4, -0.2) is 107 Å². The molecule has 0 heterocycles. The second-order valence-corrected chi connectivity index (χ2v) is 3.98. The highest BCUT2D eigenvalue weighted by Gasteiger charge is 2.33. The van der Waals surface area contributed by atoms with Crippen LogP contribution in [0.15, 0.2) is 12.2 Å². The molecule has 14 nitrogen and oxygen atoms in total. The molecule has 9 N–H and O–H groups in total. The van der Waals surface area contributed by atoms with Gasteiger partial charge in [-0.05, 0) is 0 Å². The van der Waals surface area contributed by atoms with E-state index >= 15 is 0 Å². The monoisotopic (exact) mass is 386 g/mol. The highest BCUT2D eigenvalue weighted by molar-refractivity contribution is 6.19. The molecule has 0 unspecified atom stereocenters. The number of aliphatic carboxylic acids is 4. The normalized spacial score (nSPS) is 14.3. The van der Waals surface area contributed by atoms with E-state index in [2.05, 4.69) is 0 Å². The first-order chi connectivity index (χ1) is 11.8. The van der Waals surface area contributed by atoms with Crippen molar-refractivity contribution < 1.29 is 69.9 Å². The predicted octanol–water partition coefficient (Wildman–Crippen LogP) is -4.51. The van der Waals surface area contributed by atoms with Gasteiger partial charge in [0, 0.05) is 12.2 Å². The highest BCUT2D eigenvalue weighted by atomic mass is 16.4. The molecule has 0 aromatic rings. The number of carboxylic acids is 4. The standard InChI is InChI=1S/C6H12O7.C4H4O4.C2H2O3/c7-1-2(8)3(9)4(10)5(11)6(12)13;5-3(6)1-2-4(7)8;3-1-2(4)5/h2-5,7-11H,1H2,(H,12,13);1-2H,(H,5,6)(H,7,8);1H,(H,4,5)/b;2-1+;/t2-,3-,4+,5-;;/m1../s1. The average molecular weight is 386 g/mol. The van der Waals surface area contributed by atoms with E-state index in [4.69, 9.17) is 55.5 Å². The van der Waals surface area contributed by atoms with Gasteiger partial charge in [0.1, 0.15) is 18.3 Å². The second kappa shape index (κ2) is 15.6. The third-order valence-electron chi connectivity index (χ3n) is 1.98. The van der Waals surface area contributed by atoms with Crippen molar-refractivity contribution >= 4 is 30.2 Å². The predicted molar refractivity (Wildman–Crippen MR) is 76.9 cm³/mol. The van der Waals surface area contributed by atoms with Gasteiger partial charge in [-0.1, -0.05) is 0 Å². The summed E-state index contributed by atoms with van der Waals surface area (Å²) >= 11 is 0. The lowest BCUT2D eigenvalue weighted by molar-refractivity contribution is -0.164. The Hall–Kier alpha value is -2.91. The van der Waals surface area contributed by atoms with Crippen molar-refractivity contribution in [3.63, 3.8) is 0 Å². The van der Waals surface area contributed by atoms with Crippen LogP contribution in [0.25, 0.3) is 0 Å². The minimum absolute atomic E-state index is 0.167. The molecule has 0 aromatic heterocycles. The number of rotatable bonds is 8. The van der Waals surface area contributed by atoms with Gasteiger partial charge < -0.3 is 46.0 Å². The summed E-state index contributed by atoms with van der Waals surface area (Å²) in [4.78, 5) is 47.1. The molecule has 0 amide bonds. The first kappa shape index (κ1) is 27.9. The van der Waals surface area contributed by atoms with Gasteiger partial charge in [-0.3, -0.25) is 4.79 Å². The minimum atomic E-state index is -2.20. The van der Waals surface area contributed by atoms with Crippen molar-refractivity contribution in [1.29, 1.82) is 0 Å². The first-order valence-electron chi connectivity index (χ1n) is 6.19. The molecular formula is C12H18O14. The van der Waals surface area contributed by atoms with Crippen molar-refractivity contribution in [2.45, 2.75) is 24.4 Å². The third kappa shape index (κ3) is 17.4. The van der Waals surface area contributed by atoms with Crippen LogP contribution in [0.4, 0.5) is 0 Å². The van der Waals surface area contributed by atoms with E-state index in [0.29, 0.717) is 12.2 Å². The second-order valence-electron chi connectivity index (χ2n) is 3.98.